The van der Waals surface area contributed by atoms with Gasteiger partial charge in [0.05, 0.1) is 0 Å². The van der Waals surface area contributed by atoms with Crippen LogP contribution in [0.5, 0.6) is 5.75 Å². The number of likely N-dealkylation sites (tertiary alicyclic amines) is 1. The molecular formula is C19H28N2O3. The first-order valence-corrected chi connectivity index (χ1v) is 8.81. The molecule has 0 aromatic carbocycles. The Morgan fingerprint density at radius 2 is 1.96 bits per heavy atom. The Kier molecular flexibility index (Phi) is 4.45. The van der Waals surface area contributed by atoms with Gasteiger partial charge in [-0.05, 0) is 58.1 Å². The van der Waals surface area contributed by atoms with Gasteiger partial charge in [0.15, 0.2) is 0 Å². The van der Waals surface area contributed by atoms with E-state index in [0.717, 1.165) is 38.1 Å². The number of nitrogens with zero attached hydrogens (tertiary/aromatic N) is 2. The average molecular weight is 332 g/mol. The first kappa shape index (κ1) is 17.1. The number of ether oxygens (including phenoxy) is 2. The van der Waals surface area contributed by atoms with E-state index in [1.807, 2.05) is 37.8 Å². The minimum Gasteiger partial charge on any atom is -0.490 e. The van der Waals surface area contributed by atoms with Crippen molar-refractivity contribution in [1.82, 2.24) is 9.88 Å². The number of pyridine rings is 1. The summed E-state index contributed by atoms with van der Waals surface area (Å²) in [6.07, 6.45) is 6.81. The summed E-state index contributed by atoms with van der Waals surface area (Å²) < 4.78 is 11.6. The van der Waals surface area contributed by atoms with Gasteiger partial charge in [-0.1, -0.05) is 6.92 Å². The largest absolute Gasteiger partial charge is 0.490 e. The quantitative estimate of drug-likeness (QED) is 0.824. The van der Waals surface area contributed by atoms with Crippen LogP contribution in [-0.2, 0) is 4.74 Å². The summed E-state index contributed by atoms with van der Waals surface area (Å²) in [7, 11) is 0. The summed E-state index contributed by atoms with van der Waals surface area (Å²) in [5, 5.41) is 0. The number of aromatic nitrogens is 1. The van der Waals surface area contributed by atoms with Crippen LogP contribution in [0.3, 0.4) is 0 Å². The molecule has 2 heterocycles. The number of hydrogen-bond acceptors (Lipinski definition) is 4. The third-order valence-electron chi connectivity index (χ3n) is 4.99. The number of hydrogen-bond donors (Lipinski definition) is 0. The zero-order valence-electron chi connectivity index (χ0n) is 15.1. The molecule has 5 nitrogen and oxygen atoms in total. The molecule has 2 fully saturated rings. The van der Waals surface area contributed by atoms with E-state index in [2.05, 4.69) is 11.9 Å². The highest BCUT2D eigenvalue weighted by Crippen LogP contribution is 2.47. The van der Waals surface area contributed by atoms with Crippen LogP contribution in [0.25, 0.3) is 0 Å². The zero-order valence-corrected chi connectivity index (χ0v) is 15.1. The zero-order chi connectivity index (χ0) is 17.4. The molecule has 0 unspecified atom stereocenters. The number of carbonyl (C=O) groups excluding carboxylic acids is 1. The Bertz CT molecular complexity index is 576. The lowest BCUT2D eigenvalue weighted by Gasteiger charge is -2.54. The van der Waals surface area contributed by atoms with E-state index in [9.17, 15) is 4.79 Å². The van der Waals surface area contributed by atoms with Crippen molar-refractivity contribution in [3.05, 3.63) is 24.5 Å². The molecule has 3 rings (SSSR count). The standard InChI is InChI=1S/C19H28N2O3/c1-14-11-19(12-21(13-19)17(22)24-18(2,3)4)8-5-16(14)23-15-6-9-20-10-7-15/h6-7,9-10,14,16H,5,8,11-13H2,1-4H3/t14-,16+/m0/s1. The molecule has 1 aliphatic heterocycles. The average Bonchev–Trinajstić information content (AvgIpc) is 2.46. The van der Waals surface area contributed by atoms with Crippen LogP contribution in [0.15, 0.2) is 24.5 Å². The molecule has 1 saturated heterocycles. The SMILES string of the molecule is C[C@H]1CC2(CC[C@H]1Oc1ccncc1)CN(C(=O)OC(C)(C)C)C2. The topological polar surface area (TPSA) is 51.7 Å². The molecule has 0 N–H and O–H groups in total. The third kappa shape index (κ3) is 3.82. The van der Waals surface area contributed by atoms with E-state index in [0.29, 0.717) is 5.92 Å². The fourth-order valence-corrected chi connectivity index (χ4v) is 3.92. The molecular weight excluding hydrogens is 304 g/mol. The Balaban J connectivity index is 1.51. The van der Waals surface area contributed by atoms with E-state index < -0.39 is 5.60 Å². The van der Waals surface area contributed by atoms with Gasteiger partial charge in [0.1, 0.15) is 17.5 Å². The lowest BCUT2D eigenvalue weighted by molar-refractivity contribution is -0.0757. The Hall–Kier alpha value is -1.78. The van der Waals surface area contributed by atoms with Crippen molar-refractivity contribution in [1.29, 1.82) is 0 Å². The number of carbonyl (C=O) groups is 1. The Labute approximate surface area is 144 Å². The molecule has 2 aliphatic rings. The maximum absolute atomic E-state index is 12.1. The second-order valence-electron chi connectivity index (χ2n) is 8.40. The monoisotopic (exact) mass is 332 g/mol. The molecule has 1 saturated carbocycles. The first-order chi connectivity index (χ1) is 11.3. The molecule has 5 heteroatoms. The predicted octanol–water partition coefficient (Wildman–Crippen LogP) is 3.89. The first-order valence-electron chi connectivity index (χ1n) is 8.81. The van der Waals surface area contributed by atoms with E-state index in [4.69, 9.17) is 9.47 Å². The van der Waals surface area contributed by atoms with Crippen LogP contribution < -0.4 is 4.74 Å². The van der Waals surface area contributed by atoms with Gasteiger partial charge in [0.2, 0.25) is 0 Å². The number of amides is 1. The van der Waals surface area contributed by atoms with Crippen LogP contribution in [0, 0.1) is 11.3 Å². The van der Waals surface area contributed by atoms with Crippen LogP contribution in [-0.4, -0.2) is 40.8 Å². The lowest BCUT2D eigenvalue weighted by Crippen LogP contribution is -2.61. The van der Waals surface area contributed by atoms with Gasteiger partial charge in [0, 0.05) is 30.9 Å². The highest BCUT2D eigenvalue weighted by molar-refractivity contribution is 5.69. The molecule has 132 valence electrons. The van der Waals surface area contributed by atoms with Crippen molar-refractivity contribution >= 4 is 6.09 Å². The van der Waals surface area contributed by atoms with Gasteiger partial charge in [-0.3, -0.25) is 4.98 Å². The molecule has 1 aromatic rings. The van der Waals surface area contributed by atoms with Crippen molar-refractivity contribution in [2.45, 2.75) is 58.7 Å². The van der Waals surface area contributed by atoms with Gasteiger partial charge < -0.3 is 14.4 Å². The smallest absolute Gasteiger partial charge is 0.410 e. The molecule has 2 atom stereocenters. The molecule has 0 radical (unpaired) electrons. The highest BCUT2D eigenvalue weighted by Gasteiger charge is 2.50. The third-order valence-corrected chi connectivity index (χ3v) is 4.99. The normalized spacial score (nSPS) is 25.9. The fourth-order valence-electron chi connectivity index (χ4n) is 3.92. The van der Waals surface area contributed by atoms with Gasteiger partial charge in [-0.2, -0.15) is 0 Å². The minimum atomic E-state index is -0.427. The Morgan fingerprint density at radius 3 is 2.54 bits per heavy atom. The maximum Gasteiger partial charge on any atom is 0.410 e. The predicted molar refractivity (Wildman–Crippen MR) is 91.9 cm³/mol. The summed E-state index contributed by atoms with van der Waals surface area (Å²) in [4.78, 5) is 18.0. The van der Waals surface area contributed by atoms with Gasteiger partial charge >= 0.3 is 6.09 Å². The van der Waals surface area contributed by atoms with Crippen molar-refractivity contribution < 1.29 is 14.3 Å². The van der Waals surface area contributed by atoms with Crippen LogP contribution in [0.4, 0.5) is 4.79 Å². The Morgan fingerprint density at radius 1 is 1.29 bits per heavy atom. The van der Waals surface area contributed by atoms with Crippen LogP contribution in [0.2, 0.25) is 0 Å². The van der Waals surface area contributed by atoms with Crippen molar-refractivity contribution in [2.24, 2.45) is 11.3 Å². The summed E-state index contributed by atoms with van der Waals surface area (Å²) in [6.45, 7) is 9.60. The van der Waals surface area contributed by atoms with E-state index in [1.54, 1.807) is 12.4 Å². The lowest BCUT2D eigenvalue weighted by atomic mass is 9.64. The van der Waals surface area contributed by atoms with Crippen LogP contribution in [0.1, 0.15) is 47.0 Å². The minimum absolute atomic E-state index is 0.184. The summed E-state index contributed by atoms with van der Waals surface area (Å²) >= 11 is 0. The maximum atomic E-state index is 12.1. The van der Waals surface area contributed by atoms with E-state index in [-0.39, 0.29) is 17.6 Å². The molecule has 1 aromatic heterocycles. The van der Waals surface area contributed by atoms with Gasteiger partial charge in [-0.15, -0.1) is 0 Å². The molecule has 1 amide bonds. The van der Waals surface area contributed by atoms with E-state index >= 15 is 0 Å². The second-order valence-corrected chi connectivity index (χ2v) is 8.40. The summed E-state index contributed by atoms with van der Waals surface area (Å²) in [5.41, 5.74) is -0.169. The second kappa shape index (κ2) is 6.26. The van der Waals surface area contributed by atoms with Gasteiger partial charge in [-0.25, -0.2) is 4.79 Å². The van der Waals surface area contributed by atoms with Crippen molar-refractivity contribution in [3.8, 4) is 5.75 Å². The molecule has 0 bridgehead atoms. The summed E-state index contributed by atoms with van der Waals surface area (Å²) in [6, 6.07) is 3.81. The van der Waals surface area contributed by atoms with Crippen LogP contribution >= 0.6 is 0 Å². The number of rotatable bonds is 2. The summed E-state index contributed by atoms with van der Waals surface area (Å²) in [5.74, 6) is 1.37. The van der Waals surface area contributed by atoms with E-state index in [1.165, 1.54) is 0 Å². The molecule has 1 aliphatic carbocycles. The van der Waals surface area contributed by atoms with Gasteiger partial charge in [0.25, 0.3) is 0 Å². The van der Waals surface area contributed by atoms with Crippen molar-refractivity contribution in [3.63, 3.8) is 0 Å². The molecule has 24 heavy (non-hydrogen) atoms. The molecule has 1 spiro atoms. The highest BCUT2D eigenvalue weighted by atomic mass is 16.6. The van der Waals surface area contributed by atoms with Crippen molar-refractivity contribution in [2.75, 3.05) is 13.1 Å². The fraction of sp³-hybridized carbons (Fsp3) is 0.684.